The predicted octanol–water partition coefficient (Wildman–Crippen LogP) is 1.05. The second-order valence-corrected chi connectivity index (χ2v) is 6.04. The van der Waals surface area contributed by atoms with Crippen LogP contribution in [-0.2, 0) is 11.8 Å². The van der Waals surface area contributed by atoms with Crippen molar-refractivity contribution in [2.24, 2.45) is 7.05 Å². The average molecular weight is 346 g/mol. The number of hydrogen-bond acceptors (Lipinski definition) is 6. The summed E-state index contributed by atoms with van der Waals surface area (Å²) >= 11 is 0. The van der Waals surface area contributed by atoms with Crippen LogP contribution in [0.3, 0.4) is 0 Å². The van der Waals surface area contributed by atoms with Gasteiger partial charge in [-0.3, -0.25) is 9.48 Å². The van der Waals surface area contributed by atoms with Gasteiger partial charge in [-0.2, -0.15) is 5.10 Å². The molecule has 1 aliphatic rings. The molecule has 1 aliphatic heterocycles. The zero-order valence-electron chi connectivity index (χ0n) is 14.8. The monoisotopic (exact) mass is 346 g/mol. The van der Waals surface area contributed by atoms with Gasteiger partial charge in [-0.25, -0.2) is 4.98 Å². The van der Waals surface area contributed by atoms with Crippen molar-refractivity contribution in [2.45, 2.75) is 19.1 Å². The maximum Gasteiger partial charge on any atom is 0.259 e. The SMILES string of the molecule is COc1nc(C)ccc1C(=O)N(C)[C@H]1COC[C@H]1Oc1cnn(C)c1. The molecule has 1 amide bonds. The van der Waals surface area contributed by atoms with E-state index in [9.17, 15) is 4.79 Å². The van der Waals surface area contributed by atoms with Gasteiger partial charge in [-0.1, -0.05) is 0 Å². The Morgan fingerprint density at radius 3 is 2.88 bits per heavy atom. The van der Waals surface area contributed by atoms with E-state index in [4.69, 9.17) is 14.2 Å². The largest absolute Gasteiger partial charge is 0.482 e. The number of likely N-dealkylation sites (N-methyl/N-ethyl adjacent to an activating group) is 1. The fraction of sp³-hybridized carbons (Fsp3) is 0.471. The zero-order chi connectivity index (χ0) is 18.0. The molecule has 0 spiro atoms. The third-order valence-corrected chi connectivity index (χ3v) is 4.21. The number of rotatable bonds is 5. The molecule has 1 fully saturated rings. The molecule has 2 aromatic rings. The number of amides is 1. The Kier molecular flexibility index (Phi) is 4.89. The third-order valence-electron chi connectivity index (χ3n) is 4.21. The fourth-order valence-electron chi connectivity index (χ4n) is 2.82. The lowest BCUT2D eigenvalue weighted by atomic mass is 10.1. The van der Waals surface area contributed by atoms with Crippen LogP contribution in [0.5, 0.6) is 11.6 Å². The molecular weight excluding hydrogens is 324 g/mol. The van der Waals surface area contributed by atoms with E-state index in [0.717, 1.165) is 5.69 Å². The summed E-state index contributed by atoms with van der Waals surface area (Å²) in [6.45, 7) is 2.68. The number of pyridine rings is 1. The van der Waals surface area contributed by atoms with Crippen molar-refractivity contribution in [2.75, 3.05) is 27.4 Å². The van der Waals surface area contributed by atoms with E-state index in [1.807, 2.05) is 14.0 Å². The molecule has 0 saturated carbocycles. The molecule has 3 heterocycles. The van der Waals surface area contributed by atoms with Crippen LogP contribution in [0.25, 0.3) is 0 Å². The highest BCUT2D eigenvalue weighted by Gasteiger charge is 2.36. The van der Waals surface area contributed by atoms with Gasteiger partial charge >= 0.3 is 0 Å². The Morgan fingerprint density at radius 2 is 2.20 bits per heavy atom. The minimum atomic E-state index is -0.262. The number of aryl methyl sites for hydroxylation is 2. The number of nitrogens with zero attached hydrogens (tertiary/aromatic N) is 4. The molecule has 0 unspecified atom stereocenters. The van der Waals surface area contributed by atoms with Crippen LogP contribution in [0.4, 0.5) is 0 Å². The molecular formula is C17H22N4O4. The van der Waals surface area contributed by atoms with E-state index < -0.39 is 0 Å². The van der Waals surface area contributed by atoms with Gasteiger partial charge in [0, 0.05) is 19.8 Å². The first-order valence-corrected chi connectivity index (χ1v) is 8.01. The van der Waals surface area contributed by atoms with E-state index in [1.165, 1.54) is 7.11 Å². The van der Waals surface area contributed by atoms with Crippen molar-refractivity contribution in [3.8, 4) is 11.6 Å². The summed E-state index contributed by atoms with van der Waals surface area (Å²) in [5.41, 5.74) is 1.21. The Bertz CT molecular complexity index is 761. The molecule has 134 valence electrons. The van der Waals surface area contributed by atoms with Gasteiger partial charge in [-0.15, -0.1) is 0 Å². The first-order valence-electron chi connectivity index (χ1n) is 8.01. The fourth-order valence-corrected chi connectivity index (χ4v) is 2.82. The van der Waals surface area contributed by atoms with Crippen molar-refractivity contribution in [1.82, 2.24) is 19.7 Å². The first-order chi connectivity index (χ1) is 12.0. The predicted molar refractivity (Wildman–Crippen MR) is 89.9 cm³/mol. The van der Waals surface area contributed by atoms with Crippen molar-refractivity contribution in [3.63, 3.8) is 0 Å². The lowest BCUT2D eigenvalue weighted by molar-refractivity contribution is 0.0617. The summed E-state index contributed by atoms with van der Waals surface area (Å²) in [5.74, 6) is 0.790. The normalized spacial score (nSPS) is 19.7. The van der Waals surface area contributed by atoms with E-state index in [1.54, 1.807) is 41.2 Å². The average Bonchev–Trinajstić information content (AvgIpc) is 3.22. The van der Waals surface area contributed by atoms with Crippen LogP contribution in [0, 0.1) is 6.92 Å². The zero-order valence-corrected chi connectivity index (χ0v) is 14.8. The van der Waals surface area contributed by atoms with Crippen LogP contribution in [-0.4, -0.2) is 65.1 Å². The van der Waals surface area contributed by atoms with E-state index in [2.05, 4.69) is 10.1 Å². The number of hydrogen-bond donors (Lipinski definition) is 0. The molecule has 3 rings (SSSR count). The molecule has 2 atom stereocenters. The summed E-state index contributed by atoms with van der Waals surface area (Å²) in [7, 11) is 5.06. The summed E-state index contributed by atoms with van der Waals surface area (Å²) in [5, 5.41) is 4.09. The van der Waals surface area contributed by atoms with Crippen molar-refractivity contribution in [3.05, 3.63) is 35.8 Å². The molecule has 0 N–H and O–H groups in total. The number of aromatic nitrogens is 3. The number of ether oxygens (including phenoxy) is 3. The second-order valence-electron chi connectivity index (χ2n) is 6.04. The van der Waals surface area contributed by atoms with E-state index >= 15 is 0 Å². The summed E-state index contributed by atoms with van der Waals surface area (Å²) < 4.78 is 18.4. The lowest BCUT2D eigenvalue weighted by Gasteiger charge is -2.28. The molecule has 8 nitrogen and oxygen atoms in total. The van der Waals surface area contributed by atoms with Gasteiger partial charge in [-0.05, 0) is 19.1 Å². The van der Waals surface area contributed by atoms with Crippen molar-refractivity contribution >= 4 is 5.91 Å². The Hall–Kier alpha value is -2.61. The van der Waals surface area contributed by atoms with Crippen LogP contribution in [0.1, 0.15) is 16.1 Å². The van der Waals surface area contributed by atoms with Gasteiger partial charge in [0.15, 0.2) is 5.75 Å². The Labute approximate surface area is 146 Å². The van der Waals surface area contributed by atoms with Crippen molar-refractivity contribution in [1.29, 1.82) is 0 Å². The number of methoxy groups -OCH3 is 1. The molecule has 1 saturated heterocycles. The highest BCUT2D eigenvalue weighted by Crippen LogP contribution is 2.23. The van der Waals surface area contributed by atoms with Gasteiger partial charge in [0.2, 0.25) is 5.88 Å². The summed E-state index contributed by atoms with van der Waals surface area (Å²) in [4.78, 5) is 18.8. The van der Waals surface area contributed by atoms with Crippen molar-refractivity contribution < 1.29 is 19.0 Å². The lowest BCUT2D eigenvalue weighted by Crippen LogP contribution is -2.46. The Balaban J connectivity index is 1.76. The first kappa shape index (κ1) is 17.2. The summed E-state index contributed by atoms with van der Waals surface area (Å²) in [6, 6.07) is 3.31. The third kappa shape index (κ3) is 3.58. The number of carbonyl (C=O) groups excluding carboxylic acids is 1. The minimum absolute atomic E-state index is 0.181. The van der Waals surface area contributed by atoms with E-state index in [0.29, 0.717) is 30.4 Å². The van der Waals surface area contributed by atoms with Gasteiger partial charge in [0.05, 0.1) is 38.8 Å². The number of carbonyl (C=O) groups is 1. The van der Waals surface area contributed by atoms with Crippen LogP contribution < -0.4 is 9.47 Å². The molecule has 2 aromatic heterocycles. The molecule has 0 bridgehead atoms. The molecule has 0 radical (unpaired) electrons. The standard InChI is InChI=1S/C17H22N4O4/c1-11-5-6-13(16(19-11)23-4)17(22)21(3)14-9-24-10-15(14)25-12-7-18-20(2)8-12/h5-8,14-15H,9-10H2,1-4H3/t14-,15+/m0/s1. The highest BCUT2D eigenvalue weighted by molar-refractivity contribution is 5.96. The minimum Gasteiger partial charge on any atom is -0.482 e. The molecule has 25 heavy (non-hydrogen) atoms. The van der Waals surface area contributed by atoms with Crippen LogP contribution in [0.15, 0.2) is 24.5 Å². The second kappa shape index (κ2) is 7.10. The van der Waals surface area contributed by atoms with Gasteiger partial charge in [0.25, 0.3) is 5.91 Å². The Morgan fingerprint density at radius 1 is 1.40 bits per heavy atom. The van der Waals surface area contributed by atoms with Gasteiger partial charge in [0.1, 0.15) is 11.7 Å². The summed E-state index contributed by atoms with van der Waals surface area (Å²) in [6.07, 6.45) is 3.16. The molecule has 0 aromatic carbocycles. The maximum atomic E-state index is 12.9. The van der Waals surface area contributed by atoms with Gasteiger partial charge < -0.3 is 19.1 Å². The maximum absolute atomic E-state index is 12.9. The molecule has 8 heteroatoms. The smallest absolute Gasteiger partial charge is 0.259 e. The quantitative estimate of drug-likeness (QED) is 0.805. The van der Waals surface area contributed by atoms with Crippen LogP contribution >= 0.6 is 0 Å². The highest BCUT2D eigenvalue weighted by atomic mass is 16.5. The molecule has 0 aliphatic carbocycles. The van der Waals surface area contributed by atoms with Crippen LogP contribution in [0.2, 0.25) is 0 Å². The van der Waals surface area contributed by atoms with E-state index in [-0.39, 0.29) is 18.1 Å². The topological polar surface area (TPSA) is 78.7 Å².